The van der Waals surface area contributed by atoms with E-state index in [4.69, 9.17) is 4.74 Å². The summed E-state index contributed by atoms with van der Waals surface area (Å²) in [7, 11) is 3.55. The summed E-state index contributed by atoms with van der Waals surface area (Å²) in [6.07, 6.45) is 0.604. The summed E-state index contributed by atoms with van der Waals surface area (Å²) < 4.78 is 5.10. The second-order valence-electron chi connectivity index (χ2n) is 4.31. The first-order chi connectivity index (χ1) is 8.22. The first kappa shape index (κ1) is 11.9. The van der Waals surface area contributed by atoms with Gasteiger partial charge in [-0.15, -0.1) is 0 Å². The van der Waals surface area contributed by atoms with Gasteiger partial charge in [-0.3, -0.25) is 4.79 Å². The number of carbonyl (C=O) groups excluding carboxylic acids is 1. The first-order valence-electron chi connectivity index (χ1n) is 5.81. The maximum absolute atomic E-state index is 11.7. The lowest BCUT2D eigenvalue weighted by molar-refractivity contribution is -0.128. The van der Waals surface area contributed by atoms with Crippen molar-refractivity contribution in [2.24, 2.45) is 0 Å². The van der Waals surface area contributed by atoms with Gasteiger partial charge in [0.15, 0.2) is 0 Å². The van der Waals surface area contributed by atoms with Crippen LogP contribution in [0.15, 0.2) is 24.3 Å². The van der Waals surface area contributed by atoms with E-state index in [2.05, 4.69) is 5.32 Å². The van der Waals surface area contributed by atoms with E-state index < -0.39 is 0 Å². The third-order valence-electron chi connectivity index (χ3n) is 3.16. The van der Waals surface area contributed by atoms with Crippen molar-refractivity contribution in [2.45, 2.75) is 19.0 Å². The molecule has 17 heavy (non-hydrogen) atoms. The number of methoxy groups -OCH3 is 1. The van der Waals surface area contributed by atoms with Gasteiger partial charge in [-0.2, -0.15) is 0 Å². The SMILES string of the molecule is CNC1CC(=O)N(Cc2ccc(OC)cc2)C1. The van der Waals surface area contributed by atoms with Gasteiger partial charge in [-0.1, -0.05) is 12.1 Å². The molecule has 1 heterocycles. The van der Waals surface area contributed by atoms with Crippen molar-refractivity contribution < 1.29 is 9.53 Å². The third kappa shape index (κ3) is 2.77. The van der Waals surface area contributed by atoms with Crippen molar-refractivity contribution in [2.75, 3.05) is 20.7 Å². The number of likely N-dealkylation sites (N-methyl/N-ethyl adjacent to an activating group) is 1. The molecule has 1 fully saturated rings. The molecule has 1 aromatic rings. The fraction of sp³-hybridized carbons (Fsp3) is 0.462. The Labute approximate surface area is 102 Å². The number of rotatable bonds is 4. The van der Waals surface area contributed by atoms with Crippen LogP contribution in [0.5, 0.6) is 5.75 Å². The molecule has 1 amide bonds. The van der Waals surface area contributed by atoms with E-state index in [0.717, 1.165) is 17.9 Å². The fourth-order valence-corrected chi connectivity index (χ4v) is 2.07. The molecule has 4 heteroatoms. The Morgan fingerprint density at radius 3 is 2.65 bits per heavy atom. The monoisotopic (exact) mass is 234 g/mol. The van der Waals surface area contributed by atoms with Crippen LogP contribution in [0.1, 0.15) is 12.0 Å². The molecule has 0 aliphatic carbocycles. The fourth-order valence-electron chi connectivity index (χ4n) is 2.07. The van der Waals surface area contributed by atoms with Gasteiger partial charge in [-0.05, 0) is 24.7 Å². The topological polar surface area (TPSA) is 41.6 Å². The van der Waals surface area contributed by atoms with E-state index >= 15 is 0 Å². The molecule has 1 aromatic carbocycles. The van der Waals surface area contributed by atoms with Crippen molar-refractivity contribution in [1.29, 1.82) is 0 Å². The second-order valence-corrected chi connectivity index (χ2v) is 4.31. The lowest BCUT2D eigenvalue weighted by atomic mass is 10.2. The molecule has 0 radical (unpaired) electrons. The Kier molecular flexibility index (Phi) is 3.64. The minimum absolute atomic E-state index is 0.222. The molecule has 0 aromatic heterocycles. The zero-order chi connectivity index (χ0) is 12.3. The number of carbonyl (C=O) groups is 1. The summed E-state index contributed by atoms with van der Waals surface area (Å²) >= 11 is 0. The van der Waals surface area contributed by atoms with Crippen LogP contribution in [0.4, 0.5) is 0 Å². The highest BCUT2D eigenvalue weighted by molar-refractivity contribution is 5.79. The highest BCUT2D eigenvalue weighted by Gasteiger charge is 2.28. The molecule has 4 nitrogen and oxygen atoms in total. The minimum Gasteiger partial charge on any atom is -0.497 e. The van der Waals surface area contributed by atoms with Gasteiger partial charge in [0.25, 0.3) is 0 Å². The average molecular weight is 234 g/mol. The zero-order valence-electron chi connectivity index (χ0n) is 10.3. The predicted molar refractivity (Wildman–Crippen MR) is 65.9 cm³/mol. The number of nitrogens with zero attached hydrogens (tertiary/aromatic N) is 1. The number of ether oxygens (including phenoxy) is 1. The van der Waals surface area contributed by atoms with Crippen LogP contribution in [-0.4, -0.2) is 37.6 Å². The number of nitrogens with one attached hydrogen (secondary N) is 1. The summed E-state index contributed by atoms with van der Waals surface area (Å²) in [6.45, 7) is 1.47. The van der Waals surface area contributed by atoms with Crippen LogP contribution in [0.2, 0.25) is 0 Å². The molecule has 0 spiro atoms. The number of amides is 1. The Morgan fingerprint density at radius 2 is 2.12 bits per heavy atom. The lowest BCUT2D eigenvalue weighted by Crippen LogP contribution is -2.30. The minimum atomic E-state index is 0.222. The molecule has 92 valence electrons. The summed E-state index contributed by atoms with van der Waals surface area (Å²) in [5, 5.41) is 3.15. The highest BCUT2D eigenvalue weighted by Crippen LogP contribution is 2.17. The highest BCUT2D eigenvalue weighted by atomic mass is 16.5. The van der Waals surface area contributed by atoms with Gasteiger partial charge in [-0.25, -0.2) is 0 Å². The number of hydrogen-bond acceptors (Lipinski definition) is 3. The van der Waals surface area contributed by atoms with Crippen LogP contribution >= 0.6 is 0 Å². The van der Waals surface area contributed by atoms with Crippen LogP contribution in [0.3, 0.4) is 0 Å². The van der Waals surface area contributed by atoms with Gasteiger partial charge in [0.1, 0.15) is 5.75 Å². The molecular weight excluding hydrogens is 216 g/mol. The van der Waals surface area contributed by atoms with E-state index in [1.54, 1.807) is 7.11 Å². The van der Waals surface area contributed by atoms with Gasteiger partial charge < -0.3 is 15.0 Å². The second kappa shape index (κ2) is 5.19. The standard InChI is InChI=1S/C13H18N2O2/c1-14-11-7-13(16)15(9-11)8-10-3-5-12(17-2)6-4-10/h3-6,11,14H,7-9H2,1-2H3. The van der Waals surface area contributed by atoms with Crippen molar-refractivity contribution in [3.63, 3.8) is 0 Å². The molecule has 1 saturated heterocycles. The van der Waals surface area contributed by atoms with E-state index in [9.17, 15) is 4.79 Å². The lowest BCUT2D eigenvalue weighted by Gasteiger charge is -2.16. The molecule has 0 saturated carbocycles. The molecule has 0 bridgehead atoms. The van der Waals surface area contributed by atoms with E-state index in [0.29, 0.717) is 19.0 Å². The number of hydrogen-bond donors (Lipinski definition) is 1. The predicted octanol–water partition coefficient (Wildman–Crippen LogP) is 1.02. The maximum atomic E-state index is 11.7. The summed E-state index contributed by atoms with van der Waals surface area (Å²) in [6, 6.07) is 8.13. The molecule has 1 aliphatic heterocycles. The van der Waals surface area contributed by atoms with Gasteiger partial charge in [0, 0.05) is 25.6 Å². The van der Waals surface area contributed by atoms with Crippen molar-refractivity contribution in [3.8, 4) is 5.75 Å². The van der Waals surface area contributed by atoms with E-state index in [1.165, 1.54) is 0 Å². The Bertz CT molecular complexity index is 389. The first-order valence-corrected chi connectivity index (χ1v) is 5.81. The quantitative estimate of drug-likeness (QED) is 0.845. The Balaban J connectivity index is 1.98. The summed E-state index contributed by atoms with van der Waals surface area (Å²) in [5.41, 5.74) is 1.14. The average Bonchev–Trinajstić information content (AvgIpc) is 2.71. The van der Waals surface area contributed by atoms with Crippen molar-refractivity contribution in [3.05, 3.63) is 29.8 Å². The Morgan fingerprint density at radius 1 is 1.41 bits per heavy atom. The Hall–Kier alpha value is -1.55. The van der Waals surface area contributed by atoms with Crippen LogP contribution < -0.4 is 10.1 Å². The number of benzene rings is 1. The molecule has 1 unspecified atom stereocenters. The van der Waals surface area contributed by atoms with Crippen molar-refractivity contribution >= 4 is 5.91 Å². The zero-order valence-corrected chi connectivity index (χ0v) is 10.3. The third-order valence-corrected chi connectivity index (χ3v) is 3.16. The maximum Gasteiger partial charge on any atom is 0.224 e. The van der Waals surface area contributed by atoms with Crippen LogP contribution in [0, 0.1) is 0 Å². The molecular formula is C13H18N2O2. The normalized spacial score (nSPS) is 19.8. The van der Waals surface area contributed by atoms with E-state index in [1.807, 2.05) is 36.2 Å². The van der Waals surface area contributed by atoms with E-state index in [-0.39, 0.29) is 5.91 Å². The molecule has 1 N–H and O–H groups in total. The largest absolute Gasteiger partial charge is 0.497 e. The van der Waals surface area contributed by atoms with Crippen LogP contribution in [0.25, 0.3) is 0 Å². The van der Waals surface area contributed by atoms with Gasteiger partial charge in [0.2, 0.25) is 5.91 Å². The molecule has 1 aliphatic rings. The van der Waals surface area contributed by atoms with Gasteiger partial charge >= 0.3 is 0 Å². The molecule has 2 rings (SSSR count). The summed E-state index contributed by atoms with van der Waals surface area (Å²) in [5.74, 6) is 1.06. The molecule has 1 atom stereocenters. The van der Waals surface area contributed by atoms with Crippen LogP contribution in [-0.2, 0) is 11.3 Å². The van der Waals surface area contributed by atoms with Crippen molar-refractivity contribution in [1.82, 2.24) is 10.2 Å². The number of likely N-dealkylation sites (tertiary alicyclic amines) is 1. The summed E-state index contributed by atoms with van der Waals surface area (Å²) in [4.78, 5) is 13.6. The van der Waals surface area contributed by atoms with Gasteiger partial charge in [0.05, 0.1) is 7.11 Å². The smallest absolute Gasteiger partial charge is 0.224 e.